The molecular formula is C17H30N2O4. The van der Waals surface area contributed by atoms with Crippen molar-refractivity contribution in [2.24, 2.45) is 11.8 Å². The number of carbonyl (C=O) groups is 1. The van der Waals surface area contributed by atoms with Gasteiger partial charge in [-0.3, -0.25) is 0 Å². The quantitative estimate of drug-likeness (QED) is 0.823. The Morgan fingerprint density at radius 3 is 2.74 bits per heavy atom. The van der Waals surface area contributed by atoms with E-state index in [1.54, 1.807) is 0 Å². The highest BCUT2D eigenvalue weighted by molar-refractivity contribution is 5.68. The number of fused-ring (bicyclic) bond motifs is 1. The SMILES string of the molecule is CC(C)(C)OC(=O)NC1C2CCCOC2C1NCC1CCOC1. The van der Waals surface area contributed by atoms with Gasteiger partial charge in [-0.05, 0) is 46.0 Å². The topological polar surface area (TPSA) is 68.8 Å². The zero-order chi connectivity index (χ0) is 16.4. The number of alkyl carbamates (subject to hydrolysis) is 1. The fourth-order valence-corrected chi connectivity index (χ4v) is 3.84. The van der Waals surface area contributed by atoms with Crippen molar-refractivity contribution in [3.63, 3.8) is 0 Å². The maximum Gasteiger partial charge on any atom is 0.407 e. The van der Waals surface area contributed by atoms with Gasteiger partial charge in [0.05, 0.1) is 24.8 Å². The number of nitrogens with one attached hydrogen (secondary N) is 2. The van der Waals surface area contributed by atoms with E-state index in [-0.39, 0.29) is 24.3 Å². The van der Waals surface area contributed by atoms with Crippen LogP contribution in [-0.2, 0) is 14.2 Å². The molecule has 5 unspecified atom stereocenters. The standard InChI is InChI=1S/C17H30N2O4/c1-17(2,3)23-16(20)19-13-12-5-4-7-22-15(12)14(13)18-9-11-6-8-21-10-11/h11-15,18H,4-10H2,1-3H3,(H,19,20). The first-order valence-electron chi connectivity index (χ1n) is 8.86. The van der Waals surface area contributed by atoms with Gasteiger partial charge < -0.3 is 24.8 Å². The lowest BCUT2D eigenvalue weighted by atomic mass is 9.68. The normalized spacial score (nSPS) is 36.9. The van der Waals surface area contributed by atoms with E-state index in [1.165, 1.54) is 0 Å². The van der Waals surface area contributed by atoms with Crippen LogP contribution >= 0.6 is 0 Å². The highest BCUT2D eigenvalue weighted by Crippen LogP contribution is 2.38. The van der Waals surface area contributed by atoms with Gasteiger partial charge in [-0.1, -0.05) is 0 Å². The first-order chi connectivity index (χ1) is 10.9. The monoisotopic (exact) mass is 326 g/mol. The number of ether oxygens (including phenoxy) is 3. The van der Waals surface area contributed by atoms with Crippen molar-refractivity contribution < 1.29 is 19.0 Å². The number of carbonyl (C=O) groups excluding carboxylic acids is 1. The number of rotatable bonds is 4. The predicted octanol–water partition coefficient (Wildman–Crippen LogP) is 1.68. The molecule has 6 heteroatoms. The fourth-order valence-electron chi connectivity index (χ4n) is 3.84. The lowest BCUT2D eigenvalue weighted by molar-refractivity contribution is -0.128. The van der Waals surface area contributed by atoms with Crippen LogP contribution in [0, 0.1) is 11.8 Å². The lowest BCUT2D eigenvalue weighted by Crippen LogP contribution is -2.73. The van der Waals surface area contributed by atoms with Crippen LogP contribution in [0.15, 0.2) is 0 Å². The van der Waals surface area contributed by atoms with E-state index in [2.05, 4.69) is 10.6 Å². The van der Waals surface area contributed by atoms with Crippen molar-refractivity contribution in [1.29, 1.82) is 0 Å². The van der Waals surface area contributed by atoms with E-state index in [0.29, 0.717) is 11.8 Å². The summed E-state index contributed by atoms with van der Waals surface area (Å²) in [5.74, 6) is 0.966. The summed E-state index contributed by atoms with van der Waals surface area (Å²) < 4.78 is 16.8. The first-order valence-corrected chi connectivity index (χ1v) is 8.86. The Bertz CT molecular complexity index is 417. The van der Waals surface area contributed by atoms with Crippen molar-refractivity contribution in [3.05, 3.63) is 0 Å². The first kappa shape index (κ1) is 17.0. The maximum absolute atomic E-state index is 12.1. The average molecular weight is 326 g/mol. The van der Waals surface area contributed by atoms with E-state index in [1.807, 2.05) is 20.8 Å². The molecule has 0 aromatic heterocycles. The van der Waals surface area contributed by atoms with Crippen LogP contribution in [0.4, 0.5) is 4.79 Å². The molecule has 2 aliphatic heterocycles. The summed E-state index contributed by atoms with van der Waals surface area (Å²) in [7, 11) is 0. The van der Waals surface area contributed by atoms with Gasteiger partial charge in [0.15, 0.2) is 0 Å². The second-order valence-corrected chi connectivity index (χ2v) is 7.98. The molecule has 1 saturated carbocycles. The van der Waals surface area contributed by atoms with Gasteiger partial charge in [-0.25, -0.2) is 4.79 Å². The Morgan fingerprint density at radius 1 is 1.22 bits per heavy atom. The van der Waals surface area contributed by atoms with Gasteiger partial charge in [0.1, 0.15) is 5.60 Å². The Balaban J connectivity index is 1.55. The molecule has 3 fully saturated rings. The Labute approximate surface area is 138 Å². The summed E-state index contributed by atoms with van der Waals surface area (Å²) in [4.78, 5) is 12.1. The van der Waals surface area contributed by atoms with Crippen LogP contribution < -0.4 is 10.6 Å². The van der Waals surface area contributed by atoms with E-state index >= 15 is 0 Å². The molecule has 1 aliphatic carbocycles. The second kappa shape index (κ2) is 6.95. The highest BCUT2D eigenvalue weighted by Gasteiger charge is 2.53. The smallest absolute Gasteiger partial charge is 0.407 e. The minimum atomic E-state index is -0.472. The van der Waals surface area contributed by atoms with Crippen LogP contribution in [0.2, 0.25) is 0 Å². The van der Waals surface area contributed by atoms with Gasteiger partial charge in [-0.2, -0.15) is 0 Å². The molecule has 2 N–H and O–H groups in total. The fraction of sp³-hybridized carbons (Fsp3) is 0.941. The third-order valence-corrected chi connectivity index (χ3v) is 4.97. The van der Waals surface area contributed by atoms with Gasteiger partial charge in [0, 0.05) is 25.7 Å². The molecule has 132 valence electrons. The molecule has 0 aromatic carbocycles. The predicted molar refractivity (Wildman–Crippen MR) is 86.3 cm³/mol. The van der Waals surface area contributed by atoms with Crippen LogP contribution in [0.3, 0.4) is 0 Å². The van der Waals surface area contributed by atoms with Gasteiger partial charge in [-0.15, -0.1) is 0 Å². The summed E-state index contributed by atoms with van der Waals surface area (Å²) in [6.07, 6.45) is 3.17. The van der Waals surface area contributed by atoms with E-state index in [9.17, 15) is 4.79 Å². The van der Waals surface area contributed by atoms with Crippen molar-refractivity contribution in [2.45, 2.75) is 63.8 Å². The van der Waals surface area contributed by atoms with E-state index < -0.39 is 5.60 Å². The zero-order valence-electron chi connectivity index (χ0n) is 14.5. The highest BCUT2D eigenvalue weighted by atomic mass is 16.6. The third kappa shape index (κ3) is 4.17. The third-order valence-electron chi connectivity index (χ3n) is 4.97. The summed E-state index contributed by atoms with van der Waals surface area (Å²) in [6, 6.07) is 0.269. The summed E-state index contributed by atoms with van der Waals surface area (Å²) in [5, 5.41) is 6.67. The molecule has 0 aromatic rings. The maximum atomic E-state index is 12.1. The van der Waals surface area contributed by atoms with Crippen molar-refractivity contribution in [2.75, 3.05) is 26.4 Å². The van der Waals surface area contributed by atoms with Gasteiger partial charge in [0.25, 0.3) is 0 Å². The van der Waals surface area contributed by atoms with Crippen molar-refractivity contribution in [1.82, 2.24) is 10.6 Å². The molecule has 0 radical (unpaired) electrons. The molecule has 0 spiro atoms. The summed E-state index contributed by atoms with van der Waals surface area (Å²) in [5.41, 5.74) is -0.472. The number of amides is 1. The van der Waals surface area contributed by atoms with Crippen molar-refractivity contribution in [3.8, 4) is 0 Å². The minimum absolute atomic E-state index is 0.0949. The lowest BCUT2D eigenvalue weighted by Gasteiger charge is -2.54. The Hall–Kier alpha value is -0.850. The molecule has 3 aliphatic rings. The molecule has 1 amide bonds. The van der Waals surface area contributed by atoms with Crippen LogP contribution in [0.1, 0.15) is 40.0 Å². The molecule has 6 nitrogen and oxygen atoms in total. The van der Waals surface area contributed by atoms with Gasteiger partial charge in [0.2, 0.25) is 0 Å². The average Bonchev–Trinajstić information content (AvgIpc) is 2.97. The van der Waals surface area contributed by atoms with Crippen molar-refractivity contribution >= 4 is 6.09 Å². The van der Waals surface area contributed by atoms with Crippen LogP contribution in [0.25, 0.3) is 0 Å². The molecule has 2 heterocycles. The Kier molecular flexibility index (Phi) is 5.13. The molecule has 23 heavy (non-hydrogen) atoms. The van der Waals surface area contributed by atoms with Gasteiger partial charge >= 0.3 is 6.09 Å². The number of hydrogen-bond donors (Lipinski definition) is 2. The van der Waals surface area contributed by atoms with E-state index in [0.717, 1.165) is 45.6 Å². The molecule has 2 saturated heterocycles. The molecule has 5 atom stereocenters. The zero-order valence-corrected chi connectivity index (χ0v) is 14.5. The summed E-state index contributed by atoms with van der Waals surface area (Å²) >= 11 is 0. The van der Waals surface area contributed by atoms with Crippen LogP contribution in [0.5, 0.6) is 0 Å². The Morgan fingerprint density at radius 2 is 2.04 bits per heavy atom. The largest absolute Gasteiger partial charge is 0.444 e. The molecular weight excluding hydrogens is 296 g/mol. The molecule has 0 bridgehead atoms. The second-order valence-electron chi connectivity index (χ2n) is 7.98. The van der Waals surface area contributed by atoms with E-state index in [4.69, 9.17) is 14.2 Å². The summed E-state index contributed by atoms with van der Waals surface area (Å²) in [6.45, 7) is 9.09. The number of hydrogen-bond acceptors (Lipinski definition) is 5. The minimum Gasteiger partial charge on any atom is -0.444 e. The van der Waals surface area contributed by atoms with Crippen LogP contribution in [-0.4, -0.2) is 56.2 Å². The molecule has 3 rings (SSSR count).